The second-order valence-corrected chi connectivity index (χ2v) is 12.2. The van der Waals surface area contributed by atoms with Crippen LogP contribution in [0.15, 0.2) is 65.6 Å². The molecule has 0 saturated heterocycles. The monoisotopic (exact) mass is 513 g/mol. The Labute approximate surface area is 211 Å². The normalized spacial score (nSPS) is 11.9. The molecule has 0 aliphatic rings. The maximum absolute atomic E-state index is 13.2. The Morgan fingerprint density at radius 1 is 0.943 bits per heavy atom. The zero-order valence-corrected chi connectivity index (χ0v) is 21.9. The Morgan fingerprint density at radius 2 is 1.51 bits per heavy atom. The minimum atomic E-state index is -3.70. The molecular weight excluding hydrogens is 482 g/mol. The smallest absolute Gasteiger partial charge is 0.256 e. The van der Waals surface area contributed by atoms with Crippen LogP contribution in [0.2, 0.25) is 0 Å². The van der Waals surface area contributed by atoms with Crippen LogP contribution >= 0.6 is 11.3 Å². The number of hydrogen-bond acceptors (Lipinski definition) is 5. The van der Waals surface area contributed by atoms with Crippen molar-refractivity contribution in [2.75, 3.05) is 18.4 Å². The van der Waals surface area contributed by atoms with Gasteiger partial charge < -0.3 is 11.1 Å². The van der Waals surface area contributed by atoms with E-state index in [2.05, 4.69) is 5.32 Å². The highest BCUT2D eigenvalue weighted by Gasteiger charge is 2.26. The summed E-state index contributed by atoms with van der Waals surface area (Å²) in [5.41, 5.74) is 6.93. The van der Waals surface area contributed by atoms with Gasteiger partial charge >= 0.3 is 0 Å². The number of nitrogens with two attached hydrogens (primary N) is 1. The number of carbonyl (C=O) groups is 2. The molecule has 1 heterocycles. The minimum Gasteiger partial charge on any atom is -0.366 e. The van der Waals surface area contributed by atoms with Gasteiger partial charge in [0.05, 0.1) is 10.5 Å². The summed E-state index contributed by atoms with van der Waals surface area (Å²) in [7, 11) is -3.70. The predicted octanol–water partition coefficient (Wildman–Crippen LogP) is 5.07. The molecule has 2 aromatic carbocycles. The summed E-state index contributed by atoms with van der Waals surface area (Å²) in [6.07, 6.45) is 0. The van der Waals surface area contributed by atoms with Crippen LogP contribution < -0.4 is 11.1 Å². The molecular formula is C26H31N3O4S2. The van der Waals surface area contributed by atoms with Gasteiger partial charge in [-0.2, -0.15) is 4.31 Å². The van der Waals surface area contributed by atoms with Gasteiger partial charge in [0.2, 0.25) is 10.0 Å². The second-order valence-electron chi connectivity index (χ2n) is 9.17. The summed E-state index contributed by atoms with van der Waals surface area (Å²) in [6.45, 7) is 8.74. The number of nitrogens with zero attached hydrogens (tertiary/aromatic N) is 1. The summed E-state index contributed by atoms with van der Waals surface area (Å²) < 4.78 is 27.9. The number of nitrogens with one attached hydrogen (secondary N) is 1. The number of anilines is 1. The average Bonchev–Trinajstić information content (AvgIpc) is 3.23. The highest BCUT2D eigenvalue weighted by molar-refractivity contribution is 7.89. The van der Waals surface area contributed by atoms with Crippen molar-refractivity contribution in [3.63, 3.8) is 0 Å². The fraction of sp³-hybridized carbons (Fsp3) is 0.308. The first-order valence-electron chi connectivity index (χ1n) is 11.4. The molecule has 3 aromatic rings. The van der Waals surface area contributed by atoms with E-state index in [1.807, 2.05) is 58.0 Å². The molecule has 3 N–H and O–H groups in total. The van der Waals surface area contributed by atoms with Crippen molar-refractivity contribution >= 4 is 38.2 Å². The van der Waals surface area contributed by atoms with Crippen molar-refractivity contribution in [2.24, 2.45) is 17.6 Å². The summed E-state index contributed by atoms with van der Waals surface area (Å²) in [5, 5.41) is 3.10. The van der Waals surface area contributed by atoms with Crippen LogP contribution in [0.1, 0.15) is 48.4 Å². The molecule has 186 valence electrons. The summed E-state index contributed by atoms with van der Waals surface area (Å²) in [6, 6.07) is 17.0. The topological polar surface area (TPSA) is 110 Å². The molecule has 0 atom stereocenters. The van der Waals surface area contributed by atoms with Crippen LogP contribution in [0, 0.1) is 11.8 Å². The lowest BCUT2D eigenvalue weighted by atomic mass is 10.1. The van der Waals surface area contributed by atoms with Gasteiger partial charge in [0, 0.05) is 23.5 Å². The van der Waals surface area contributed by atoms with E-state index in [1.165, 1.54) is 39.9 Å². The Morgan fingerprint density at radius 3 is 2.03 bits per heavy atom. The number of sulfonamides is 1. The highest BCUT2D eigenvalue weighted by Crippen LogP contribution is 2.35. The highest BCUT2D eigenvalue weighted by atomic mass is 32.2. The van der Waals surface area contributed by atoms with Crippen molar-refractivity contribution in [1.29, 1.82) is 0 Å². The molecule has 0 spiro atoms. The third-order valence-corrected chi connectivity index (χ3v) is 8.12. The zero-order valence-electron chi connectivity index (χ0n) is 20.3. The van der Waals surface area contributed by atoms with Gasteiger partial charge in [-0.25, -0.2) is 8.42 Å². The molecule has 9 heteroatoms. The third kappa shape index (κ3) is 6.56. The third-order valence-electron chi connectivity index (χ3n) is 5.17. The summed E-state index contributed by atoms with van der Waals surface area (Å²) in [4.78, 5) is 25.8. The van der Waals surface area contributed by atoms with Gasteiger partial charge in [0.25, 0.3) is 11.8 Å². The first kappa shape index (κ1) is 26.6. The molecule has 0 unspecified atom stereocenters. The van der Waals surface area contributed by atoms with Gasteiger partial charge in [0.1, 0.15) is 5.00 Å². The van der Waals surface area contributed by atoms with Crippen LogP contribution in [-0.2, 0) is 10.0 Å². The lowest BCUT2D eigenvalue weighted by Crippen LogP contribution is -2.37. The van der Waals surface area contributed by atoms with Gasteiger partial charge in [-0.3, -0.25) is 9.59 Å². The zero-order chi connectivity index (χ0) is 25.8. The average molecular weight is 514 g/mol. The van der Waals surface area contributed by atoms with E-state index in [1.54, 1.807) is 6.07 Å². The molecule has 0 bridgehead atoms. The Hall–Kier alpha value is -3.01. The van der Waals surface area contributed by atoms with Crippen molar-refractivity contribution in [3.8, 4) is 10.4 Å². The number of benzene rings is 2. The van der Waals surface area contributed by atoms with Gasteiger partial charge in [-0.1, -0.05) is 58.0 Å². The first-order valence-corrected chi connectivity index (χ1v) is 13.6. The Bertz CT molecular complexity index is 1270. The largest absolute Gasteiger partial charge is 0.366 e. The maximum atomic E-state index is 13.2. The lowest BCUT2D eigenvalue weighted by molar-refractivity contribution is 0.100. The first-order chi connectivity index (χ1) is 16.5. The van der Waals surface area contributed by atoms with Gasteiger partial charge in [0.15, 0.2) is 0 Å². The van der Waals surface area contributed by atoms with E-state index in [0.29, 0.717) is 18.1 Å². The number of rotatable bonds is 10. The van der Waals surface area contributed by atoms with Crippen LogP contribution in [-0.4, -0.2) is 37.6 Å². The molecule has 3 rings (SSSR count). The lowest BCUT2D eigenvalue weighted by Gasteiger charge is -2.25. The van der Waals surface area contributed by atoms with Crippen LogP contribution in [0.4, 0.5) is 5.00 Å². The van der Waals surface area contributed by atoms with E-state index in [9.17, 15) is 18.0 Å². The van der Waals surface area contributed by atoms with Crippen LogP contribution in [0.5, 0.6) is 0 Å². The van der Waals surface area contributed by atoms with Gasteiger partial charge in [-0.05, 0) is 47.7 Å². The molecule has 0 aliphatic carbocycles. The van der Waals surface area contributed by atoms with Gasteiger partial charge in [-0.15, -0.1) is 11.3 Å². The molecule has 0 fully saturated rings. The second kappa shape index (κ2) is 11.2. The van der Waals surface area contributed by atoms with Crippen LogP contribution in [0.25, 0.3) is 10.4 Å². The number of hydrogen-bond donors (Lipinski definition) is 2. The van der Waals surface area contributed by atoms with E-state index in [4.69, 9.17) is 5.73 Å². The Balaban J connectivity index is 1.83. The van der Waals surface area contributed by atoms with Crippen molar-refractivity contribution < 1.29 is 18.0 Å². The molecule has 0 radical (unpaired) electrons. The fourth-order valence-electron chi connectivity index (χ4n) is 3.60. The van der Waals surface area contributed by atoms with E-state index >= 15 is 0 Å². The molecule has 0 aliphatic heterocycles. The van der Waals surface area contributed by atoms with Crippen LogP contribution in [0.3, 0.4) is 0 Å². The fourth-order valence-corrected chi connectivity index (χ4v) is 6.43. The number of primary amides is 1. The van der Waals surface area contributed by atoms with Crippen molar-refractivity contribution in [1.82, 2.24) is 4.31 Å². The molecule has 35 heavy (non-hydrogen) atoms. The number of amides is 2. The minimum absolute atomic E-state index is 0.135. The molecule has 2 amide bonds. The van der Waals surface area contributed by atoms with E-state index in [-0.39, 0.29) is 27.9 Å². The maximum Gasteiger partial charge on any atom is 0.256 e. The quantitative estimate of drug-likeness (QED) is 0.394. The number of thiophene rings is 1. The van der Waals surface area contributed by atoms with E-state index in [0.717, 1.165) is 10.4 Å². The Kier molecular flexibility index (Phi) is 8.47. The molecule has 7 nitrogen and oxygen atoms in total. The summed E-state index contributed by atoms with van der Waals surface area (Å²) >= 11 is 1.25. The SMILES string of the molecule is CC(C)CN(CC(C)C)S(=O)(=O)c1ccc(C(=O)Nc2sc(-c3ccccc3)cc2C(N)=O)cc1. The van der Waals surface area contributed by atoms with Crippen molar-refractivity contribution in [3.05, 3.63) is 71.8 Å². The van der Waals surface area contributed by atoms with E-state index < -0.39 is 21.8 Å². The standard InChI is InChI=1S/C26H31N3O4S2/c1-17(2)15-29(16-18(3)4)35(32,33)21-12-10-20(11-13-21)25(31)28-26-22(24(27)30)14-23(34-26)19-8-6-5-7-9-19/h5-14,17-18H,15-16H2,1-4H3,(H2,27,30)(H,28,31). The molecule has 0 saturated carbocycles. The van der Waals surface area contributed by atoms with Crippen molar-refractivity contribution in [2.45, 2.75) is 32.6 Å². The number of carbonyl (C=O) groups excluding carboxylic acids is 2. The summed E-state index contributed by atoms with van der Waals surface area (Å²) in [5.74, 6) is -0.742. The predicted molar refractivity (Wildman–Crippen MR) is 141 cm³/mol. The molecule has 1 aromatic heterocycles.